The van der Waals surface area contributed by atoms with Crippen molar-refractivity contribution >= 4 is 17.2 Å². The molecule has 2 nitrogen and oxygen atoms in total. The molecule has 0 unspecified atom stereocenters. The summed E-state index contributed by atoms with van der Waals surface area (Å²) in [5.41, 5.74) is 9.44. The summed E-state index contributed by atoms with van der Waals surface area (Å²) in [4.78, 5) is 0.569. The maximum atomic E-state index is 5.58. The van der Waals surface area contributed by atoms with E-state index >= 15 is 0 Å². The molecule has 0 aliphatic heterocycles. The quantitative estimate of drug-likeness (QED) is 0.797. The van der Waals surface area contributed by atoms with E-state index in [1.54, 1.807) is 0 Å². The summed E-state index contributed by atoms with van der Waals surface area (Å²) < 4.78 is 2.35. The summed E-state index contributed by atoms with van der Waals surface area (Å²) in [6, 6.07) is 2.19. The van der Waals surface area contributed by atoms with Crippen LogP contribution in [0.4, 0.5) is 0 Å². The number of hydrogen-bond acceptors (Lipinski definition) is 1. The minimum atomic E-state index is 0.569. The Kier molecular flexibility index (Phi) is 3.91. The van der Waals surface area contributed by atoms with Gasteiger partial charge in [0.2, 0.25) is 0 Å². The molecule has 84 valence electrons. The molecule has 2 N–H and O–H groups in total. The van der Waals surface area contributed by atoms with Crippen LogP contribution in [0.1, 0.15) is 30.8 Å². The lowest BCUT2D eigenvalue weighted by molar-refractivity contribution is 0.508. The molecule has 1 heterocycles. The largest absolute Gasteiger partial charge is 0.393 e. The fourth-order valence-electron chi connectivity index (χ4n) is 1.89. The third-order valence-electron chi connectivity index (χ3n) is 2.59. The number of aryl methyl sites for hydroxylation is 1. The number of nitrogens with two attached hydrogens (primary N) is 1. The lowest BCUT2D eigenvalue weighted by Crippen LogP contribution is -2.12. The summed E-state index contributed by atoms with van der Waals surface area (Å²) in [6.45, 7) is 9.80. The summed E-state index contributed by atoms with van der Waals surface area (Å²) in [7, 11) is 0. The number of aromatic nitrogens is 1. The van der Waals surface area contributed by atoms with Crippen molar-refractivity contribution in [3.8, 4) is 0 Å². The van der Waals surface area contributed by atoms with Crippen LogP contribution >= 0.6 is 12.2 Å². The number of nitrogens with zero attached hydrogens (tertiary/aromatic N) is 1. The van der Waals surface area contributed by atoms with Gasteiger partial charge in [0.1, 0.15) is 0 Å². The highest BCUT2D eigenvalue weighted by Gasteiger charge is 2.10. The summed E-state index contributed by atoms with van der Waals surface area (Å²) in [5.74, 6) is 0.660. The molecule has 0 saturated heterocycles. The van der Waals surface area contributed by atoms with Gasteiger partial charge in [-0.05, 0) is 31.4 Å². The third kappa shape index (κ3) is 3.06. The molecule has 0 spiro atoms. The van der Waals surface area contributed by atoms with Gasteiger partial charge in [0, 0.05) is 24.4 Å². The Labute approximate surface area is 97.5 Å². The average Bonchev–Trinajstić information content (AvgIpc) is 2.31. The standard InChI is InChI=1S/C12H20N2S/c1-8(2)7-14-9(3)5-11(10(14)4)6-12(13)15/h5,8H,6-7H2,1-4H3,(H2,13,15). The van der Waals surface area contributed by atoms with E-state index < -0.39 is 0 Å². The lowest BCUT2D eigenvalue weighted by atomic mass is 10.2. The molecule has 1 aromatic rings. The molecule has 0 aromatic carbocycles. The van der Waals surface area contributed by atoms with Crippen molar-refractivity contribution in [3.63, 3.8) is 0 Å². The van der Waals surface area contributed by atoms with Gasteiger partial charge in [-0.2, -0.15) is 0 Å². The van der Waals surface area contributed by atoms with Crippen molar-refractivity contribution in [2.75, 3.05) is 0 Å². The molecule has 0 radical (unpaired) electrons. The monoisotopic (exact) mass is 224 g/mol. The van der Waals surface area contributed by atoms with Crippen LogP contribution in [-0.4, -0.2) is 9.56 Å². The Morgan fingerprint density at radius 2 is 2.07 bits per heavy atom. The average molecular weight is 224 g/mol. The Bertz CT molecular complexity index is 364. The van der Waals surface area contributed by atoms with Crippen LogP contribution in [0.2, 0.25) is 0 Å². The van der Waals surface area contributed by atoms with Gasteiger partial charge in [0.05, 0.1) is 4.99 Å². The molecular formula is C12H20N2S. The smallest absolute Gasteiger partial charge is 0.0772 e. The topological polar surface area (TPSA) is 30.9 Å². The van der Waals surface area contributed by atoms with E-state index in [2.05, 4.69) is 38.3 Å². The number of hydrogen-bond donors (Lipinski definition) is 1. The molecule has 0 aliphatic carbocycles. The van der Waals surface area contributed by atoms with Crippen molar-refractivity contribution in [3.05, 3.63) is 23.0 Å². The van der Waals surface area contributed by atoms with Crippen LogP contribution in [-0.2, 0) is 13.0 Å². The van der Waals surface area contributed by atoms with Crippen molar-refractivity contribution in [2.45, 2.75) is 40.7 Å². The Hall–Kier alpha value is -0.830. The second kappa shape index (κ2) is 4.79. The van der Waals surface area contributed by atoms with E-state index in [-0.39, 0.29) is 0 Å². The predicted molar refractivity (Wildman–Crippen MR) is 69.2 cm³/mol. The van der Waals surface area contributed by atoms with Gasteiger partial charge in [-0.15, -0.1) is 0 Å². The molecule has 3 heteroatoms. The number of thiocarbonyl (C=S) groups is 1. The van der Waals surface area contributed by atoms with Crippen molar-refractivity contribution < 1.29 is 0 Å². The van der Waals surface area contributed by atoms with Crippen LogP contribution < -0.4 is 5.73 Å². The highest BCUT2D eigenvalue weighted by Crippen LogP contribution is 2.17. The second-order valence-corrected chi connectivity index (χ2v) is 5.07. The SMILES string of the molecule is Cc1cc(CC(N)=S)c(C)n1CC(C)C. The van der Waals surface area contributed by atoms with E-state index in [4.69, 9.17) is 18.0 Å². The van der Waals surface area contributed by atoms with Crippen LogP contribution in [0.25, 0.3) is 0 Å². The highest BCUT2D eigenvalue weighted by atomic mass is 32.1. The molecule has 0 aliphatic rings. The van der Waals surface area contributed by atoms with Crippen molar-refractivity contribution in [1.29, 1.82) is 0 Å². The molecule has 0 saturated carbocycles. The lowest BCUT2D eigenvalue weighted by Gasteiger charge is -2.12. The zero-order valence-electron chi connectivity index (χ0n) is 10.0. The minimum absolute atomic E-state index is 0.569. The molecule has 1 aromatic heterocycles. The fourth-order valence-corrected chi connectivity index (χ4v) is 2.04. The molecule has 0 atom stereocenters. The van der Waals surface area contributed by atoms with Gasteiger partial charge in [0.25, 0.3) is 0 Å². The number of rotatable bonds is 4. The summed E-state index contributed by atoms with van der Waals surface area (Å²) in [5, 5.41) is 0. The van der Waals surface area contributed by atoms with Crippen LogP contribution in [0.15, 0.2) is 6.07 Å². The van der Waals surface area contributed by atoms with E-state index in [0.717, 1.165) is 6.54 Å². The molecule has 1 rings (SSSR count). The van der Waals surface area contributed by atoms with E-state index in [0.29, 0.717) is 17.3 Å². The first-order chi connectivity index (χ1) is 6.91. The highest BCUT2D eigenvalue weighted by molar-refractivity contribution is 7.80. The predicted octanol–water partition coefficient (Wildman–Crippen LogP) is 2.59. The van der Waals surface area contributed by atoms with E-state index in [1.165, 1.54) is 17.0 Å². The van der Waals surface area contributed by atoms with Crippen LogP contribution in [0, 0.1) is 19.8 Å². The third-order valence-corrected chi connectivity index (χ3v) is 2.74. The van der Waals surface area contributed by atoms with E-state index in [9.17, 15) is 0 Å². The molecular weight excluding hydrogens is 204 g/mol. The first-order valence-electron chi connectivity index (χ1n) is 5.35. The Morgan fingerprint density at radius 1 is 1.47 bits per heavy atom. The zero-order chi connectivity index (χ0) is 11.6. The zero-order valence-corrected chi connectivity index (χ0v) is 10.8. The van der Waals surface area contributed by atoms with Crippen LogP contribution in [0.3, 0.4) is 0 Å². The Balaban J connectivity index is 2.98. The summed E-state index contributed by atoms with van der Waals surface area (Å²) in [6.07, 6.45) is 0.715. The van der Waals surface area contributed by atoms with Gasteiger partial charge in [-0.1, -0.05) is 26.1 Å². The minimum Gasteiger partial charge on any atom is -0.393 e. The van der Waals surface area contributed by atoms with E-state index in [1.807, 2.05) is 0 Å². The van der Waals surface area contributed by atoms with Gasteiger partial charge < -0.3 is 10.3 Å². The van der Waals surface area contributed by atoms with Gasteiger partial charge >= 0.3 is 0 Å². The fraction of sp³-hybridized carbons (Fsp3) is 0.583. The molecule has 15 heavy (non-hydrogen) atoms. The Morgan fingerprint density at radius 3 is 2.53 bits per heavy atom. The summed E-state index contributed by atoms with van der Waals surface area (Å²) >= 11 is 4.95. The molecule has 0 fully saturated rings. The maximum Gasteiger partial charge on any atom is 0.0772 e. The first-order valence-corrected chi connectivity index (χ1v) is 5.76. The first kappa shape index (κ1) is 12.2. The van der Waals surface area contributed by atoms with Gasteiger partial charge in [-0.25, -0.2) is 0 Å². The van der Waals surface area contributed by atoms with Gasteiger partial charge in [-0.3, -0.25) is 0 Å². The van der Waals surface area contributed by atoms with Crippen molar-refractivity contribution in [1.82, 2.24) is 4.57 Å². The van der Waals surface area contributed by atoms with Crippen molar-refractivity contribution in [2.24, 2.45) is 11.7 Å². The van der Waals surface area contributed by atoms with Crippen LogP contribution in [0.5, 0.6) is 0 Å². The normalized spacial score (nSPS) is 11.0. The maximum absolute atomic E-state index is 5.58. The molecule has 0 bridgehead atoms. The second-order valence-electron chi connectivity index (χ2n) is 4.54. The van der Waals surface area contributed by atoms with Gasteiger partial charge in [0.15, 0.2) is 0 Å². The molecule has 0 amide bonds.